The van der Waals surface area contributed by atoms with E-state index in [1.54, 1.807) is 6.07 Å². The molecule has 1 amide bonds. The first kappa shape index (κ1) is 18.4. The molecular weight excluding hydrogens is 345 g/mol. The topological polar surface area (TPSA) is 37.7 Å². The molecule has 3 heterocycles. The number of morpholine rings is 1. The fourth-order valence-electron chi connectivity index (χ4n) is 4.34. The molecule has 0 aliphatic carbocycles. The molecule has 2 aliphatic heterocycles. The summed E-state index contributed by atoms with van der Waals surface area (Å²) in [6.07, 6.45) is 3.04. The van der Waals surface area contributed by atoms with Crippen LogP contribution in [0.15, 0.2) is 18.2 Å². The summed E-state index contributed by atoms with van der Waals surface area (Å²) in [6.45, 7) is 8.48. The van der Waals surface area contributed by atoms with Gasteiger partial charge in [-0.3, -0.25) is 9.69 Å². The second-order valence-electron chi connectivity index (χ2n) is 7.60. The summed E-state index contributed by atoms with van der Waals surface area (Å²) >= 11 is 0. The Balaban J connectivity index is 1.60. The monoisotopic (exact) mass is 373 g/mol. The minimum Gasteiger partial charge on any atom is -0.379 e. The number of carbonyl (C=O) groups excluding carboxylic acids is 1. The molecule has 1 aromatic heterocycles. The summed E-state index contributed by atoms with van der Waals surface area (Å²) in [6, 6.07) is 4.92. The van der Waals surface area contributed by atoms with E-state index in [0.29, 0.717) is 6.54 Å². The molecule has 6 heteroatoms. The standard InChI is InChI=1S/C21H28FN3O2/c1-16-18(6-9-23-10-12-27-13-11-23)19-14-17(22)4-5-20(19)25(16)15-21(26)24-7-2-3-8-24/h4-5,14H,2-3,6-13,15H2,1H3. The largest absolute Gasteiger partial charge is 0.379 e. The summed E-state index contributed by atoms with van der Waals surface area (Å²) in [5, 5.41) is 0.940. The van der Waals surface area contributed by atoms with E-state index < -0.39 is 0 Å². The van der Waals surface area contributed by atoms with Crippen LogP contribution in [0.25, 0.3) is 10.9 Å². The second kappa shape index (κ2) is 7.98. The van der Waals surface area contributed by atoms with Crippen LogP contribution in [0.2, 0.25) is 0 Å². The number of carbonyl (C=O) groups is 1. The van der Waals surface area contributed by atoms with Gasteiger partial charge in [-0.2, -0.15) is 0 Å². The van der Waals surface area contributed by atoms with E-state index in [4.69, 9.17) is 4.74 Å². The van der Waals surface area contributed by atoms with E-state index in [0.717, 1.165) is 87.4 Å². The van der Waals surface area contributed by atoms with Crippen molar-refractivity contribution in [2.45, 2.75) is 32.7 Å². The summed E-state index contributed by atoms with van der Waals surface area (Å²) in [7, 11) is 0. The zero-order chi connectivity index (χ0) is 18.8. The minimum absolute atomic E-state index is 0.163. The number of nitrogens with zero attached hydrogens (tertiary/aromatic N) is 3. The third-order valence-corrected chi connectivity index (χ3v) is 5.95. The van der Waals surface area contributed by atoms with Crippen LogP contribution in [0.3, 0.4) is 0 Å². The molecule has 2 saturated heterocycles. The van der Waals surface area contributed by atoms with Crippen LogP contribution in [0.1, 0.15) is 24.1 Å². The average molecular weight is 373 g/mol. The lowest BCUT2D eigenvalue weighted by Crippen LogP contribution is -2.37. The highest BCUT2D eigenvalue weighted by molar-refractivity contribution is 5.87. The Morgan fingerprint density at radius 3 is 2.63 bits per heavy atom. The number of amides is 1. The van der Waals surface area contributed by atoms with Crippen LogP contribution in [-0.2, 0) is 22.5 Å². The van der Waals surface area contributed by atoms with Gasteiger partial charge in [0.2, 0.25) is 5.91 Å². The van der Waals surface area contributed by atoms with Gasteiger partial charge < -0.3 is 14.2 Å². The molecule has 0 spiro atoms. The molecular formula is C21H28FN3O2. The highest BCUT2D eigenvalue weighted by Gasteiger charge is 2.22. The SMILES string of the molecule is Cc1c(CCN2CCOCC2)c2cc(F)ccc2n1CC(=O)N1CCCC1. The number of rotatable bonds is 5. The van der Waals surface area contributed by atoms with Gasteiger partial charge in [-0.05, 0) is 49.9 Å². The van der Waals surface area contributed by atoms with E-state index in [9.17, 15) is 9.18 Å². The van der Waals surface area contributed by atoms with Crippen molar-refractivity contribution in [3.8, 4) is 0 Å². The molecule has 5 nitrogen and oxygen atoms in total. The molecule has 0 saturated carbocycles. The van der Waals surface area contributed by atoms with Gasteiger partial charge in [0, 0.05) is 49.3 Å². The van der Waals surface area contributed by atoms with Crippen LogP contribution in [0.4, 0.5) is 4.39 Å². The third-order valence-electron chi connectivity index (χ3n) is 5.95. The number of benzene rings is 1. The van der Waals surface area contributed by atoms with Crippen LogP contribution in [0.5, 0.6) is 0 Å². The van der Waals surface area contributed by atoms with Crippen molar-refractivity contribution in [2.75, 3.05) is 45.9 Å². The summed E-state index contributed by atoms with van der Waals surface area (Å²) in [5.41, 5.74) is 3.19. The maximum atomic E-state index is 13.9. The normalized spacial score (nSPS) is 18.5. The van der Waals surface area contributed by atoms with Gasteiger partial charge in [0.15, 0.2) is 0 Å². The van der Waals surface area contributed by atoms with Crippen molar-refractivity contribution in [2.24, 2.45) is 0 Å². The highest BCUT2D eigenvalue weighted by atomic mass is 19.1. The lowest BCUT2D eigenvalue weighted by Gasteiger charge is -2.26. The quantitative estimate of drug-likeness (QED) is 0.809. The number of hydrogen-bond acceptors (Lipinski definition) is 3. The summed E-state index contributed by atoms with van der Waals surface area (Å²) in [4.78, 5) is 17.0. The van der Waals surface area contributed by atoms with Gasteiger partial charge >= 0.3 is 0 Å². The Bertz CT molecular complexity index is 820. The van der Waals surface area contributed by atoms with E-state index >= 15 is 0 Å². The number of likely N-dealkylation sites (tertiary alicyclic amines) is 1. The fourth-order valence-corrected chi connectivity index (χ4v) is 4.34. The van der Waals surface area contributed by atoms with E-state index in [2.05, 4.69) is 16.4 Å². The molecule has 27 heavy (non-hydrogen) atoms. The van der Waals surface area contributed by atoms with Crippen LogP contribution in [-0.4, -0.2) is 66.2 Å². The van der Waals surface area contributed by atoms with Crippen molar-refractivity contribution < 1.29 is 13.9 Å². The van der Waals surface area contributed by atoms with Gasteiger partial charge in [-0.25, -0.2) is 4.39 Å². The molecule has 0 N–H and O–H groups in total. The van der Waals surface area contributed by atoms with Gasteiger partial charge in [0.1, 0.15) is 12.4 Å². The summed E-state index contributed by atoms with van der Waals surface area (Å²) < 4.78 is 21.4. The Morgan fingerprint density at radius 2 is 1.89 bits per heavy atom. The molecule has 0 radical (unpaired) electrons. The molecule has 2 aliphatic rings. The Morgan fingerprint density at radius 1 is 1.15 bits per heavy atom. The summed E-state index contributed by atoms with van der Waals surface area (Å²) in [5.74, 6) is -0.0605. The molecule has 1 aromatic carbocycles. The predicted molar refractivity (Wildman–Crippen MR) is 103 cm³/mol. The predicted octanol–water partition coefficient (Wildman–Crippen LogP) is 2.59. The maximum Gasteiger partial charge on any atom is 0.242 e. The van der Waals surface area contributed by atoms with Gasteiger partial charge in [-0.15, -0.1) is 0 Å². The minimum atomic E-state index is -0.224. The van der Waals surface area contributed by atoms with Crippen molar-refractivity contribution in [3.63, 3.8) is 0 Å². The van der Waals surface area contributed by atoms with Gasteiger partial charge in [-0.1, -0.05) is 0 Å². The van der Waals surface area contributed by atoms with Crippen molar-refractivity contribution in [1.29, 1.82) is 0 Å². The van der Waals surface area contributed by atoms with E-state index in [1.165, 1.54) is 6.07 Å². The molecule has 2 aromatic rings. The van der Waals surface area contributed by atoms with E-state index in [-0.39, 0.29) is 11.7 Å². The molecule has 2 fully saturated rings. The fraction of sp³-hybridized carbons (Fsp3) is 0.571. The molecule has 0 bridgehead atoms. The lowest BCUT2D eigenvalue weighted by atomic mass is 10.1. The van der Waals surface area contributed by atoms with E-state index in [1.807, 2.05) is 11.0 Å². The first-order chi connectivity index (χ1) is 13.1. The number of aromatic nitrogens is 1. The van der Waals surface area contributed by atoms with Crippen molar-refractivity contribution >= 4 is 16.8 Å². The average Bonchev–Trinajstić information content (AvgIpc) is 3.29. The zero-order valence-corrected chi connectivity index (χ0v) is 16.0. The zero-order valence-electron chi connectivity index (χ0n) is 16.0. The third kappa shape index (κ3) is 3.87. The van der Waals surface area contributed by atoms with Gasteiger partial charge in [0.05, 0.1) is 13.2 Å². The Labute approximate surface area is 159 Å². The van der Waals surface area contributed by atoms with Crippen LogP contribution < -0.4 is 0 Å². The first-order valence-electron chi connectivity index (χ1n) is 9.98. The number of hydrogen-bond donors (Lipinski definition) is 0. The molecule has 4 rings (SSSR count). The van der Waals surface area contributed by atoms with Crippen molar-refractivity contribution in [1.82, 2.24) is 14.4 Å². The van der Waals surface area contributed by atoms with Crippen LogP contribution in [0, 0.1) is 12.7 Å². The number of ether oxygens (including phenoxy) is 1. The highest BCUT2D eigenvalue weighted by Crippen LogP contribution is 2.28. The first-order valence-corrected chi connectivity index (χ1v) is 9.98. The number of fused-ring (bicyclic) bond motifs is 1. The van der Waals surface area contributed by atoms with Crippen molar-refractivity contribution in [3.05, 3.63) is 35.3 Å². The molecule has 0 unspecified atom stereocenters. The van der Waals surface area contributed by atoms with Crippen LogP contribution >= 0.6 is 0 Å². The Hall–Kier alpha value is -1.92. The van der Waals surface area contributed by atoms with Gasteiger partial charge in [0.25, 0.3) is 0 Å². The molecule has 0 atom stereocenters. The Kier molecular flexibility index (Phi) is 5.45. The molecule has 146 valence electrons. The number of halogens is 1. The second-order valence-corrected chi connectivity index (χ2v) is 7.60. The maximum absolute atomic E-state index is 13.9. The lowest BCUT2D eigenvalue weighted by molar-refractivity contribution is -0.130. The smallest absolute Gasteiger partial charge is 0.242 e.